The molecular weight excluding hydrogens is 342 g/mol. The Morgan fingerprint density at radius 2 is 2.00 bits per heavy atom. The Labute approximate surface area is 149 Å². The maximum atomic E-state index is 11.8. The Morgan fingerprint density at radius 1 is 1.23 bits per heavy atom. The number of rotatable bonds is 8. The minimum Gasteiger partial charge on any atom is -0.493 e. The van der Waals surface area contributed by atoms with Crippen molar-refractivity contribution in [3.63, 3.8) is 0 Å². The molecule has 3 rings (SSSR count). The van der Waals surface area contributed by atoms with Crippen LogP contribution in [0.4, 0.5) is 0 Å². The molecule has 10 nitrogen and oxygen atoms in total. The van der Waals surface area contributed by atoms with Gasteiger partial charge in [-0.1, -0.05) is 0 Å². The lowest BCUT2D eigenvalue weighted by Gasteiger charge is -2.07. The van der Waals surface area contributed by atoms with E-state index in [0.29, 0.717) is 22.9 Å². The van der Waals surface area contributed by atoms with E-state index in [1.165, 1.54) is 7.11 Å². The summed E-state index contributed by atoms with van der Waals surface area (Å²) < 4.78 is 15.3. The van der Waals surface area contributed by atoms with Crippen LogP contribution < -0.4 is 14.8 Å². The third kappa shape index (κ3) is 4.47. The molecule has 0 atom stereocenters. The zero-order valence-corrected chi connectivity index (χ0v) is 14.5. The number of carbonyl (C=O) groups is 2. The summed E-state index contributed by atoms with van der Waals surface area (Å²) in [5.74, 6) is 0.509. The van der Waals surface area contributed by atoms with E-state index >= 15 is 0 Å². The Balaban J connectivity index is 1.57. The van der Waals surface area contributed by atoms with Crippen LogP contribution in [-0.4, -0.2) is 59.0 Å². The SMILES string of the molecule is COc1ccc(-c2nnn(CC(=O)OCC(=O)NC3CC3)n2)cc1OC. The molecule has 1 aromatic carbocycles. The minimum absolute atomic E-state index is 0.224. The van der Waals surface area contributed by atoms with Crippen molar-refractivity contribution < 1.29 is 23.8 Å². The van der Waals surface area contributed by atoms with E-state index in [9.17, 15) is 9.59 Å². The molecule has 1 saturated carbocycles. The average molecular weight is 361 g/mol. The third-order valence-corrected chi connectivity index (χ3v) is 3.67. The van der Waals surface area contributed by atoms with Crippen LogP contribution in [0.5, 0.6) is 11.5 Å². The van der Waals surface area contributed by atoms with E-state index in [-0.39, 0.29) is 25.1 Å². The summed E-state index contributed by atoms with van der Waals surface area (Å²) in [5, 5.41) is 14.6. The monoisotopic (exact) mass is 361 g/mol. The molecule has 138 valence electrons. The lowest BCUT2D eigenvalue weighted by molar-refractivity contribution is -0.149. The van der Waals surface area contributed by atoms with Gasteiger partial charge in [-0.15, -0.1) is 10.2 Å². The first kappa shape index (κ1) is 17.6. The molecule has 1 N–H and O–H groups in total. The Bertz CT molecular complexity index is 802. The molecule has 0 bridgehead atoms. The predicted octanol–water partition coefficient (Wildman–Crippen LogP) is 0.179. The number of tetrazole rings is 1. The van der Waals surface area contributed by atoms with E-state index in [2.05, 4.69) is 20.7 Å². The highest BCUT2D eigenvalue weighted by Crippen LogP contribution is 2.30. The number of hydrogen-bond acceptors (Lipinski definition) is 8. The normalized spacial score (nSPS) is 13.2. The van der Waals surface area contributed by atoms with Gasteiger partial charge >= 0.3 is 5.97 Å². The Hall–Kier alpha value is -3.17. The quantitative estimate of drug-likeness (QED) is 0.662. The molecule has 0 saturated heterocycles. The van der Waals surface area contributed by atoms with Gasteiger partial charge in [-0.2, -0.15) is 4.80 Å². The van der Waals surface area contributed by atoms with Gasteiger partial charge in [-0.25, -0.2) is 4.79 Å². The molecule has 2 aromatic rings. The highest BCUT2D eigenvalue weighted by Gasteiger charge is 2.23. The van der Waals surface area contributed by atoms with Crippen molar-refractivity contribution in [2.24, 2.45) is 0 Å². The number of esters is 1. The zero-order chi connectivity index (χ0) is 18.5. The number of aromatic nitrogens is 4. The van der Waals surface area contributed by atoms with E-state index in [1.807, 2.05) is 0 Å². The van der Waals surface area contributed by atoms with Crippen LogP contribution in [0.25, 0.3) is 11.4 Å². The van der Waals surface area contributed by atoms with E-state index in [4.69, 9.17) is 14.2 Å². The van der Waals surface area contributed by atoms with Gasteiger partial charge in [0.25, 0.3) is 5.91 Å². The summed E-state index contributed by atoms with van der Waals surface area (Å²) in [6.07, 6.45) is 1.95. The molecule has 26 heavy (non-hydrogen) atoms. The van der Waals surface area contributed by atoms with Crippen LogP contribution in [0.3, 0.4) is 0 Å². The van der Waals surface area contributed by atoms with Gasteiger partial charge in [-0.3, -0.25) is 4.79 Å². The summed E-state index contributed by atoms with van der Waals surface area (Å²) in [6, 6.07) is 5.41. The Kier molecular flexibility index (Phi) is 5.30. The maximum Gasteiger partial charge on any atom is 0.330 e. The van der Waals surface area contributed by atoms with Gasteiger partial charge in [0.05, 0.1) is 14.2 Å². The lowest BCUT2D eigenvalue weighted by Crippen LogP contribution is -2.31. The molecule has 1 aliphatic rings. The van der Waals surface area contributed by atoms with Crippen molar-refractivity contribution in [1.82, 2.24) is 25.5 Å². The first-order valence-electron chi connectivity index (χ1n) is 8.04. The van der Waals surface area contributed by atoms with Gasteiger partial charge in [0.15, 0.2) is 24.7 Å². The van der Waals surface area contributed by atoms with Crippen LogP contribution in [0.1, 0.15) is 12.8 Å². The van der Waals surface area contributed by atoms with Crippen molar-refractivity contribution in [2.75, 3.05) is 20.8 Å². The average Bonchev–Trinajstić information content (AvgIpc) is 3.34. The Morgan fingerprint density at radius 3 is 2.69 bits per heavy atom. The van der Waals surface area contributed by atoms with Crippen LogP contribution in [-0.2, 0) is 20.9 Å². The fourth-order valence-electron chi connectivity index (χ4n) is 2.21. The lowest BCUT2D eigenvalue weighted by atomic mass is 10.2. The molecule has 0 aliphatic heterocycles. The summed E-state index contributed by atoms with van der Waals surface area (Å²) in [5.41, 5.74) is 0.658. The van der Waals surface area contributed by atoms with Gasteiger partial charge in [-0.05, 0) is 36.3 Å². The molecule has 1 fully saturated rings. The molecule has 0 unspecified atom stereocenters. The number of hydrogen-bond donors (Lipinski definition) is 1. The number of benzene rings is 1. The second kappa shape index (κ2) is 7.81. The molecule has 10 heteroatoms. The number of amides is 1. The highest BCUT2D eigenvalue weighted by molar-refractivity contribution is 5.80. The predicted molar refractivity (Wildman–Crippen MR) is 88.5 cm³/mol. The number of nitrogens with one attached hydrogen (secondary N) is 1. The van der Waals surface area contributed by atoms with Crippen molar-refractivity contribution >= 4 is 11.9 Å². The number of carbonyl (C=O) groups excluding carboxylic acids is 2. The molecule has 0 spiro atoms. The summed E-state index contributed by atoms with van der Waals surface area (Å²) >= 11 is 0. The van der Waals surface area contributed by atoms with Crippen molar-refractivity contribution in [3.8, 4) is 22.9 Å². The molecule has 0 radical (unpaired) electrons. The molecular formula is C16H19N5O5. The largest absolute Gasteiger partial charge is 0.493 e. The van der Waals surface area contributed by atoms with Crippen molar-refractivity contribution in [2.45, 2.75) is 25.4 Å². The highest BCUT2D eigenvalue weighted by atomic mass is 16.5. The van der Waals surface area contributed by atoms with Gasteiger partial charge in [0, 0.05) is 11.6 Å². The van der Waals surface area contributed by atoms with Crippen LogP contribution in [0.2, 0.25) is 0 Å². The molecule has 1 aromatic heterocycles. The standard InChI is InChI=1S/C16H19N5O5/c1-24-12-6-3-10(7-13(12)25-2)16-18-20-21(19-16)8-15(23)26-9-14(22)17-11-4-5-11/h3,6-7,11H,4-5,8-9H2,1-2H3,(H,17,22). The number of nitrogens with zero attached hydrogens (tertiary/aromatic N) is 4. The van der Waals surface area contributed by atoms with Crippen LogP contribution >= 0.6 is 0 Å². The number of methoxy groups -OCH3 is 2. The fraction of sp³-hybridized carbons (Fsp3) is 0.438. The second-order valence-corrected chi connectivity index (χ2v) is 5.72. The maximum absolute atomic E-state index is 11.8. The zero-order valence-electron chi connectivity index (χ0n) is 14.5. The number of ether oxygens (including phenoxy) is 3. The van der Waals surface area contributed by atoms with Gasteiger partial charge in [0.1, 0.15) is 0 Å². The molecule has 1 aliphatic carbocycles. The van der Waals surface area contributed by atoms with E-state index in [0.717, 1.165) is 17.6 Å². The second-order valence-electron chi connectivity index (χ2n) is 5.72. The van der Waals surface area contributed by atoms with Gasteiger partial charge in [0.2, 0.25) is 5.82 Å². The fourth-order valence-corrected chi connectivity index (χ4v) is 2.21. The van der Waals surface area contributed by atoms with E-state index < -0.39 is 5.97 Å². The summed E-state index contributed by atoms with van der Waals surface area (Å²) in [4.78, 5) is 24.4. The first-order chi connectivity index (χ1) is 12.6. The van der Waals surface area contributed by atoms with Crippen LogP contribution in [0, 0.1) is 0 Å². The minimum atomic E-state index is -0.618. The van der Waals surface area contributed by atoms with Crippen LogP contribution in [0.15, 0.2) is 18.2 Å². The van der Waals surface area contributed by atoms with Crippen molar-refractivity contribution in [3.05, 3.63) is 18.2 Å². The summed E-state index contributed by atoms with van der Waals surface area (Å²) in [6.45, 7) is -0.552. The van der Waals surface area contributed by atoms with E-state index in [1.54, 1.807) is 25.3 Å². The first-order valence-corrected chi connectivity index (χ1v) is 8.04. The smallest absolute Gasteiger partial charge is 0.330 e. The van der Waals surface area contributed by atoms with Gasteiger partial charge < -0.3 is 19.5 Å². The molecule has 1 heterocycles. The third-order valence-electron chi connectivity index (χ3n) is 3.67. The molecule has 1 amide bonds. The topological polar surface area (TPSA) is 117 Å². The van der Waals surface area contributed by atoms with Crippen molar-refractivity contribution in [1.29, 1.82) is 0 Å². The summed E-state index contributed by atoms with van der Waals surface area (Å²) in [7, 11) is 3.07.